The lowest BCUT2D eigenvalue weighted by Gasteiger charge is -2.38. The quantitative estimate of drug-likeness (QED) is 0.596. The number of aryl methyl sites for hydroxylation is 1. The van der Waals surface area contributed by atoms with Crippen LogP contribution >= 0.6 is 0 Å². The summed E-state index contributed by atoms with van der Waals surface area (Å²) >= 11 is 0. The molecule has 0 aliphatic carbocycles. The number of piperidine rings is 1. The minimum absolute atomic E-state index is 0.124. The van der Waals surface area contributed by atoms with E-state index in [1.165, 1.54) is 5.56 Å². The predicted octanol–water partition coefficient (Wildman–Crippen LogP) is 3.01. The number of rotatable bonds is 8. The van der Waals surface area contributed by atoms with Crippen molar-refractivity contribution in [2.45, 2.75) is 32.2 Å². The number of carbonyl (C=O) groups is 1. The van der Waals surface area contributed by atoms with Gasteiger partial charge in [-0.1, -0.05) is 60.7 Å². The maximum atomic E-state index is 13.2. The zero-order valence-electron chi connectivity index (χ0n) is 19.3. The van der Waals surface area contributed by atoms with Crippen LogP contribution in [0.3, 0.4) is 0 Å². The van der Waals surface area contributed by atoms with Crippen LogP contribution < -0.4 is 0 Å². The van der Waals surface area contributed by atoms with E-state index in [0.717, 1.165) is 44.5 Å². The van der Waals surface area contributed by atoms with E-state index in [-0.39, 0.29) is 17.6 Å². The van der Waals surface area contributed by atoms with E-state index in [1.807, 2.05) is 41.3 Å². The maximum Gasteiger partial charge on any atom is 0.227 e. The second-order valence-corrected chi connectivity index (χ2v) is 11.3. The van der Waals surface area contributed by atoms with Gasteiger partial charge in [0.2, 0.25) is 15.9 Å². The third kappa shape index (κ3) is 6.65. The van der Waals surface area contributed by atoms with E-state index < -0.39 is 10.0 Å². The number of piperazine rings is 1. The van der Waals surface area contributed by atoms with Gasteiger partial charge in [0.05, 0.1) is 11.7 Å². The van der Waals surface area contributed by atoms with Crippen LogP contribution in [0.1, 0.15) is 30.4 Å². The van der Waals surface area contributed by atoms with Crippen LogP contribution in [0.15, 0.2) is 60.7 Å². The molecule has 0 bridgehead atoms. The molecule has 0 aromatic heterocycles. The Hall–Kier alpha value is -2.22. The molecule has 2 saturated heterocycles. The second kappa shape index (κ2) is 11.3. The highest BCUT2D eigenvalue weighted by Crippen LogP contribution is 2.23. The summed E-state index contributed by atoms with van der Waals surface area (Å²) in [5.41, 5.74) is 2.45. The highest BCUT2D eigenvalue weighted by molar-refractivity contribution is 7.89. The molecule has 2 heterocycles. The Morgan fingerprint density at radius 3 is 2.15 bits per heavy atom. The Bertz CT molecular complexity index is 990. The van der Waals surface area contributed by atoms with Crippen molar-refractivity contribution >= 4 is 15.9 Å². The largest absolute Gasteiger partial charge is 0.340 e. The van der Waals surface area contributed by atoms with Crippen LogP contribution in [0.4, 0.5) is 0 Å². The molecular formula is C26H35N3O3S. The molecular weight excluding hydrogens is 434 g/mol. The van der Waals surface area contributed by atoms with E-state index in [4.69, 9.17) is 0 Å². The summed E-state index contributed by atoms with van der Waals surface area (Å²) in [6.07, 6.45) is 2.88. The van der Waals surface area contributed by atoms with E-state index in [1.54, 1.807) is 4.31 Å². The zero-order valence-corrected chi connectivity index (χ0v) is 20.1. The molecule has 2 aliphatic heterocycles. The average Bonchev–Trinajstić information content (AvgIpc) is 2.85. The monoisotopic (exact) mass is 469 g/mol. The molecule has 2 aromatic carbocycles. The van der Waals surface area contributed by atoms with Crippen molar-refractivity contribution in [1.82, 2.24) is 14.1 Å². The van der Waals surface area contributed by atoms with Gasteiger partial charge in [0.25, 0.3) is 0 Å². The smallest absolute Gasteiger partial charge is 0.227 e. The lowest BCUT2D eigenvalue weighted by molar-refractivity contribution is -0.138. The summed E-state index contributed by atoms with van der Waals surface area (Å²) in [4.78, 5) is 17.5. The highest BCUT2D eigenvalue weighted by Gasteiger charge is 2.34. The first-order valence-electron chi connectivity index (χ1n) is 12.1. The number of hydrogen-bond donors (Lipinski definition) is 0. The number of nitrogens with zero attached hydrogens (tertiary/aromatic N) is 3. The summed E-state index contributed by atoms with van der Waals surface area (Å²) in [5, 5.41) is 0. The number of benzene rings is 2. The first-order chi connectivity index (χ1) is 16.0. The Morgan fingerprint density at radius 1 is 0.848 bits per heavy atom. The van der Waals surface area contributed by atoms with Crippen molar-refractivity contribution in [1.29, 1.82) is 0 Å². The van der Waals surface area contributed by atoms with Gasteiger partial charge in [-0.3, -0.25) is 9.69 Å². The summed E-state index contributed by atoms with van der Waals surface area (Å²) in [7, 11) is -3.34. The fourth-order valence-corrected chi connectivity index (χ4v) is 6.44. The lowest BCUT2D eigenvalue weighted by Crippen LogP contribution is -2.52. The van der Waals surface area contributed by atoms with Crippen molar-refractivity contribution in [3.8, 4) is 0 Å². The Labute approximate surface area is 198 Å². The molecule has 0 spiro atoms. The third-order valence-corrected chi connectivity index (χ3v) is 8.69. The van der Waals surface area contributed by atoms with Gasteiger partial charge in [0.15, 0.2) is 0 Å². The van der Waals surface area contributed by atoms with Crippen molar-refractivity contribution < 1.29 is 13.2 Å². The van der Waals surface area contributed by atoms with Gasteiger partial charge in [-0.25, -0.2) is 12.7 Å². The molecule has 0 N–H and O–H groups in total. The SMILES string of the molecule is O=C(C1CCCN(S(=O)(=O)CCCc2ccccc2)C1)N1CCN(Cc2ccccc2)CC1. The van der Waals surface area contributed by atoms with Crippen LogP contribution in [0.5, 0.6) is 0 Å². The van der Waals surface area contributed by atoms with Gasteiger partial charge < -0.3 is 4.90 Å². The van der Waals surface area contributed by atoms with Crippen LogP contribution in [0.2, 0.25) is 0 Å². The van der Waals surface area contributed by atoms with Gasteiger partial charge in [0, 0.05) is 45.8 Å². The highest BCUT2D eigenvalue weighted by atomic mass is 32.2. The first kappa shape index (κ1) is 23.9. The first-order valence-corrected chi connectivity index (χ1v) is 13.7. The van der Waals surface area contributed by atoms with E-state index in [9.17, 15) is 13.2 Å². The molecule has 33 heavy (non-hydrogen) atoms. The molecule has 2 fully saturated rings. The van der Waals surface area contributed by atoms with Crippen molar-refractivity contribution in [2.75, 3.05) is 45.0 Å². The Kier molecular flexibility index (Phi) is 8.17. The van der Waals surface area contributed by atoms with Gasteiger partial charge >= 0.3 is 0 Å². The topological polar surface area (TPSA) is 60.9 Å². The summed E-state index contributed by atoms with van der Waals surface area (Å²) in [5.74, 6) is 0.0444. The molecule has 2 aromatic rings. The van der Waals surface area contributed by atoms with E-state index in [0.29, 0.717) is 32.6 Å². The number of hydrogen-bond acceptors (Lipinski definition) is 4. The Balaban J connectivity index is 1.25. The number of carbonyl (C=O) groups excluding carboxylic acids is 1. The predicted molar refractivity (Wildman–Crippen MR) is 131 cm³/mol. The molecule has 7 heteroatoms. The van der Waals surface area contributed by atoms with E-state index in [2.05, 4.69) is 29.2 Å². The van der Waals surface area contributed by atoms with Crippen LogP contribution in [0, 0.1) is 5.92 Å². The molecule has 6 nitrogen and oxygen atoms in total. The summed E-state index contributed by atoms with van der Waals surface area (Å²) in [6, 6.07) is 20.4. The van der Waals surface area contributed by atoms with Gasteiger partial charge in [-0.2, -0.15) is 0 Å². The lowest BCUT2D eigenvalue weighted by atomic mass is 9.97. The normalized spacial score (nSPS) is 20.6. The van der Waals surface area contributed by atoms with Gasteiger partial charge in [-0.05, 0) is 36.8 Å². The summed E-state index contributed by atoms with van der Waals surface area (Å²) < 4.78 is 27.4. The van der Waals surface area contributed by atoms with Crippen molar-refractivity contribution in [3.63, 3.8) is 0 Å². The molecule has 0 radical (unpaired) electrons. The minimum Gasteiger partial charge on any atom is -0.340 e. The fraction of sp³-hybridized carbons (Fsp3) is 0.500. The minimum atomic E-state index is -3.34. The molecule has 2 aliphatic rings. The van der Waals surface area contributed by atoms with Crippen LogP contribution in [-0.2, 0) is 27.8 Å². The zero-order chi connectivity index (χ0) is 23.1. The fourth-order valence-electron chi connectivity index (χ4n) is 4.86. The van der Waals surface area contributed by atoms with E-state index >= 15 is 0 Å². The van der Waals surface area contributed by atoms with Crippen LogP contribution in [-0.4, -0.2) is 73.5 Å². The van der Waals surface area contributed by atoms with Crippen LogP contribution in [0.25, 0.3) is 0 Å². The van der Waals surface area contributed by atoms with Crippen molar-refractivity contribution in [2.24, 2.45) is 5.92 Å². The molecule has 0 saturated carbocycles. The van der Waals surface area contributed by atoms with Crippen molar-refractivity contribution in [3.05, 3.63) is 71.8 Å². The third-order valence-electron chi connectivity index (χ3n) is 6.77. The average molecular weight is 470 g/mol. The number of amides is 1. The molecule has 1 atom stereocenters. The Morgan fingerprint density at radius 2 is 1.48 bits per heavy atom. The summed E-state index contributed by atoms with van der Waals surface area (Å²) in [6.45, 7) is 4.90. The second-order valence-electron chi connectivity index (χ2n) is 9.19. The van der Waals surface area contributed by atoms with Gasteiger partial charge in [0.1, 0.15) is 0 Å². The number of sulfonamides is 1. The maximum absolute atomic E-state index is 13.2. The molecule has 1 amide bonds. The molecule has 1 unspecified atom stereocenters. The standard InChI is InChI=1S/C26H35N3O3S/c30-26(28-18-16-27(17-19-28)21-24-11-5-2-6-12-24)25-14-7-15-29(22-25)33(31,32)20-8-13-23-9-3-1-4-10-23/h1-6,9-12,25H,7-8,13-22H2. The van der Waals surface area contributed by atoms with Gasteiger partial charge in [-0.15, -0.1) is 0 Å². The molecule has 178 valence electrons. The molecule has 4 rings (SSSR count).